The van der Waals surface area contributed by atoms with Crippen LogP contribution in [0.2, 0.25) is 10.0 Å². The number of nitrogens with one attached hydrogen (secondary N) is 1. The van der Waals surface area contributed by atoms with Gasteiger partial charge in [-0.1, -0.05) is 23.2 Å². The summed E-state index contributed by atoms with van der Waals surface area (Å²) in [5, 5.41) is 3.48. The summed E-state index contributed by atoms with van der Waals surface area (Å²) < 4.78 is 22.6. The summed E-state index contributed by atoms with van der Waals surface area (Å²) in [5.41, 5.74) is 2.57. The van der Waals surface area contributed by atoms with Crippen molar-refractivity contribution in [1.82, 2.24) is 4.90 Å². The SMILES string of the molecule is COC(=O)[C@@H]1Cc2cc3c(cc2CN1C(=O)OC(C)(C)C)OC(c1ccc(NC(=O)c2ccc(Cl)c(Cl)c2)cc1)=CO3. The minimum absolute atomic E-state index is 0.132. The number of methoxy groups -OCH3 is 1. The minimum atomic E-state index is -0.832. The maximum absolute atomic E-state index is 13.0. The minimum Gasteiger partial charge on any atom is -0.467 e. The lowest BCUT2D eigenvalue weighted by Gasteiger charge is -2.36. The monoisotopic (exact) mass is 610 g/mol. The fraction of sp³-hybridized carbons (Fsp3) is 0.258. The Labute approximate surface area is 252 Å². The Morgan fingerprint density at radius 3 is 2.33 bits per heavy atom. The highest BCUT2D eigenvalue weighted by Gasteiger charge is 2.38. The van der Waals surface area contributed by atoms with E-state index in [1.807, 2.05) is 6.07 Å². The normalized spacial score (nSPS) is 15.7. The van der Waals surface area contributed by atoms with Gasteiger partial charge in [0.05, 0.1) is 23.7 Å². The van der Waals surface area contributed by atoms with Gasteiger partial charge in [-0.15, -0.1) is 0 Å². The van der Waals surface area contributed by atoms with Crippen LogP contribution in [-0.2, 0) is 27.2 Å². The third-order valence-electron chi connectivity index (χ3n) is 6.62. The highest BCUT2D eigenvalue weighted by atomic mass is 35.5. The van der Waals surface area contributed by atoms with E-state index in [1.165, 1.54) is 24.3 Å². The number of rotatable bonds is 4. The number of anilines is 1. The topological polar surface area (TPSA) is 103 Å². The largest absolute Gasteiger partial charge is 0.467 e. The molecule has 1 N–H and O–H groups in total. The fourth-order valence-corrected chi connectivity index (χ4v) is 4.87. The number of halogens is 2. The van der Waals surface area contributed by atoms with E-state index in [1.54, 1.807) is 63.2 Å². The van der Waals surface area contributed by atoms with Crippen LogP contribution in [0.1, 0.15) is 47.8 Å². The number of hydrogen-bond donors (Lipinski definition) is 1. The van der Waals surface area contributed by atoms with Crippen LogP contribution in [0.25, 0.3) is 5.76 Å². The first kappa shape index (κ1) is 29.3. The van der Waals surface area contributed by atoms with Crippen LogP contribution in [0, 0.1) is 0 Å². The number of amides is 2. The van der Waals surface area contributed by atoms with Crippen LogP contribution < -0.4 is 14.8 Å². The Kier molecular flexibility index (Phi) is 8.08. The van der Waals surface area contributed by atoms with Gasteiger partial charge < -0.3 is 24.3 Å². The number of benzene rings is 3. The van der Waals surface area contributed by atoms with Gasteiger partial charge in [-0.2, -0.15) is 0 Å². The van der Waals surface area contributed by atoms with Gasteiger partial charge >= 0.3 is 12.1 Å². The second-order valence-electron chi connectivity index (χ2n) is 10.8. The van der Waals surface area contributed by atoms with Gasteiger partial charge in [0.1, 0.15) is 17.9 Å². The van der Waals surface area contributed by atoms with Crippen molar-refractivity contribution >= 4 is 52.6 Å². The first-order chi connectivity index (χ1) is 19.9. The van der Waals surface area contributed by atoms with Crippen LogP contribution >= 0.6 is 23.2 Å². The van der Waals surface area contributed by atoms with Crippen molar-refractivity contribution < 1.29 is 33.3 Å². The highest BCUT2D eigenvalue weighted by molar-refractivity contribution is 6.42. The Balaban J connectivity index is 1.32. The van der Waals surface area contributed by atoms with Crippen LogP contribution in [0.15, 0.2) is 60.9 Å². The number of carbonyl (C=O) groups excluding carboxylic acids is 3. The predicted molar refractivity (Wildman–Crippen MR) is 158 cm³/mol. The maximum atomic E-state index is 13.0. The van der Waals surface area contributed by atoms with Crippen molar-refractivity contribution in [2.24, 2.45) is 0 Å². The third kappa shape index (κ3) is 6.32. The van der Waals surface area contributed by atoms with Crippen LogP contribution in [0.3, 0.4) is 0 Å². The quantitative estimate of drug-likeness (QED) is 0.322. The molecule has 0 fully saturated rings. The number of carbonyl (C=O) groups is 3. The molecular weight excluding hydrogens is 583 g/mol. The molecule has 3 aromatic rings. The van der Waals surface area contributed by atoms with Crippen molar-refractivity contribution in [3.63, 3.8) is 0 Å². The highest BCUT2D eigenvalue weighted by Crippen LogP contribution is 2.40. The Hall–Kier alpha value is -4.21. The van der Waals surface area contributed by atoms with Crippen LogP contribution in [0.4, 0.5) is 10.5 Å². The number of hydrogen-bond acceptors (Lipinski definition) is 7. The van der Waals surface area contributed by atoms with Gasteiger partial charge in [0.25, 0.3) is 5.91 Å². The zero-order chi connectivity index (χ0) is 30.2. The molecule has 0 spiro atoms. The van der Waals surface area contributed by atoms with Gasteiger partial charge in [-0.3, -0.25) is 9.69 Å². The van der Waals surface area contributed by atoms with Gasteiger partial charge in [-0.25, -0.2) is 9.59 Å². The molecule has 0 aliphatic carbocycles. The molecule has 11 heteroatoms. The predicted octanol–water partition coefficient (Wildman–Crippen LogP) is 6.85. The molecule has 42 heavy (non-hydrogen) atoms. The molecule has 0 aromatic heterocycles. The molecule has 0 saturated carbocycles. The van der Waals surface area contributed by atoms with Crippen LogP contribution in [-0.4, -0.2) is 41.6 Å². The van der Waals surface area contributed by atoms with E-state index in [-0.39, 0.29) is 18.9 Å². The summed E-state index contributed by atoms with van der Waals surface area (Å²) in [6.45, 7) is 5.43. The van der Waals surface area contributed by atoms with Crippen LogP contribution in [0.5, 0.6) is 11.5 Å². The molecule has 5 rings (SSSR count). The summed E-state index contributed by atoms with van der Waals surface area (Å²) in [4.78, 5) is 39.5. The zero-order valence-corrected chi connectivity index (χ0v) is 24.8. The maximum Gasteiger partial charge on any atom is 0.411 e. The molecule has 1 atom stereocenters. The average molecular weight is 611 g/mol. The molecule has 0 radical (unpaired) electrons. The molecule has 9 nitrogen and oxygen atoms in total. The van der Waals surface area contributed by atoms with Crippen molar-refractivity contribution in [2.75, 3.05) is 12.4 Å². The van der Waals surface area contributed by atoms with E-state index >= 15 is 0 Å². The van der Waals surface area contributed by atoms with E-state index in [0.29, 0.717) is 44.1 Å². The third-order valence-corrected chi connectivity index (χ3v) is 7.36. The van der Waals surface area contributed by atoms with Gasteiger partial charge in [0.2, 0.25) is 0 Å². The van der Waals surface area contributed by atoms with Crippen molar-refractivity contribution in [1.29, 1.82) is 0 Å². The van der Waals surface area contributed by atoms with Crippen molar-refractivity contribution in [3.05, 3.63) is 93.2 Å². The van der Waals surface area contributed by atoms with Gasteiger partial charge in [0.15, 0.2) is 17.3 Å². The van der Waals surface area contributed by atoms with E-state index in [9.17, 15) is 14.4 Å². The smallest absolute Gasteiger partial charge is 0.411 e. The second kappa shape index (κ2) is 11.6. The molecule has 2 amide bonds. The van der Waals surface area contributed by atoms with Gasteiger partial charge in [0, 0.05) is 23.2 Å². The standard InChI is InChI=1S/C31H28Cl2N2O7/c1-31(2,3)42-30(38)35-15-20-14-26-25(13-19(20)12-24(35)29(37)39-4)40-16-27(41-26)17-5-8-21(9-6-17)34-28(36)18-7-10-22(32)23(33)11-18/h5-11,13-14,16,24H,12,15H2,1-4H3,(H,34,36)/t24-/m0/s1. The Morgan fingerprint density at radius 1 is 0.952 bits per heavy atom. The summed E-state index contributed by atoms with van der Waals surface area (Å²) >= 11 is 12.0. The lowest BCUT2D eigenvalue weighted by atomic mass is 9.93. The lowest BCUT2D eigenvalue weighted by molar-refractivity contribution is -0.147. The van der Waals surface area contributed by atoms with Crippen molar-refractivity contribution in [3.8, 4) is 11.5 Å². The van der Waals surface area contributed by atoms with E-state index in [0.717, 1.165) is 11.1 Å². The van der Waals surface area contributed by atoms with Crippen molar-refractivity contribution in [2.45, 2.75) is 45.4 Å². The molecule has 2 aliphatic rings. The number of esters is 1. The molecule has 0 saturated heterocycles. The lowest BCUT2D eigenvalue weighted by Crippen LogP contribution is -2.50. The van der Waals surface area contributed by atoms with Gasteiger partial charge in [-0.05, 0) is 86.5 Å². The van der Waals surface area contributed by atoms with E-state index in [2.05, 4.69) is 5.32 Å². The number of fused-ring (bicyclic) bond motifs is 2. The first-order valence-corrected chi connectivity index (χ1v) is 13.8. The van der Waals surface area contributed by atoms with E-state index in [4.69, 9.17) is 42.1 Å². The molecule has 218 valence electrons. The zero-order valence-electron chi connectivity index (χ0n) is 23.3. The summed E-state index contributed by atoms with van der Waals surface area (Å²) in [7, 11) is 1.29. The molecule has 0 unspecified atom stereocenters. The second-order valence-corrected chi connectivity index (χ2v) is 11.6. The summed E-state index contributed by atoms with van der Waals surface area (Å²) in [6, 6.07) is 14.5. The van der Waals surface area contributed by atoms with E-state index < -0.39 is 23.7 Å². The summed E-state index contributed by atoms with van der Waals surface area (Å²) in [6.07, 6.45) is 1.13. The summed E-state index contributed by atoms with van der Waals surface area (Å²) in [5.74, 6) is 0.546. The molecule has 2 aliphatic heterocycles. The Morgan fingerprint density at radius 2 is 1.67 bits per heavy atom. The number of nitrogens with zero attached hydrogens (tertiary/aromatic N) is 1. The fourth-order valence-electron chi connectivity index (χ4n) is 4.57. The number of ether oxygens (including phenoxy) is 4. The molecule has 0 bridgehead atoms. The average Bonchev–Trinajstić information content (AvgIpc) is 2.95. The Bertz CT molecular complexity index is 1600. The molecular formula is C31H28Cl2N2O7. The molecule has 3 aromatic carbocycles. The first-order valence-electron chi connectivity index (χ1n) is 13.1. The molecule has 2 heterocycles.